The van der Waals surface area contributed by atoms with Crippen molar-refractivity contribution in [1.82, 2.24) is 9.55 Å². The average molecular weight is 391 g/mol. The molecule has 0 bridgehead atoms. The highest BCUT2D eigenvalue weighted by atomic mass is 32.2. The molecule has 0 saturated heterocycles. The topological polar surface area (TPSA) is 84.7 Å². The van der Waals surface area contributed by atoms with Crippen LogP contribution in [0.1, 0.15) is 52.5 Å². The quantitative estimate of drug-likeness (QED) is 0.672. The molecule has 5 nitrogen and oxygen atoms in total. The number of benzene rings is 1. The van der Waals surface area contributed by atoms with Gasteiger partial charge in [0.1, 0.15) is 0 Å². The number of nitriles is 1. The number of carbonyl (C=O) groups excluding carboxylic acids is 1. The second-order valence-corrected chi connectivity index (χ2v) is 7.94. The van der Waals surface area contributed by atoms with E-state index in [1.807, 2.05) is 37.3 Å². The molecule has 0 unspecified atom stereocenters. The van der Waals surface area contributed by atoms with Crippen LogP contribution in [0.2, 0.25) is 0 Å². The van der Waals surface area contributed by atoms with E-state index in [9.17, 15) is 10.1 Å². The third-order valence-corrected chi connectivity index (χ3v) is 5.73. The zero-order chi connectivity index (χ0) is 20.3. The Hall–Kier alpha value is -3.04. The van der Waals surface area contributed by atoms with Crippen LogP contribution in [0.4, 0.5) is 0 Å². The van der Waals surface area contributed by atoms with Gasteiger partial charge in [0.2, 0.25) is 0 Å². The van der Waals surface area contributed by atoms with Crippen LogP contribution in [0.5, 0.6) is 0 Å². The van der Waals surface area contributed by atoms with E-state index in [2.05, 4.69) is 29.5 Å². The van der Waals surface area contributed by atoms with Gasteiger partial charge in [0.25, 0.3) is 5.91 Å². The summed E-state index contributed by atoms with van der Waals surface area (Å²) in [5, 5.41) is 10.2. The standard InChI is InChI=1S/C22H22N4OS/c1-14(2)19-20(21(24)27)15(3)26(13-16-7-9-25-10-8-16)22(19)28-18-6-4-5-17(11-18)12-23/h4-11,14H,13H2,1-3H3,(H2,24,27). The Morgan fingerprint density at radius 3 is 2.61 bits per heavy atom. The van der Waals surface area contributed by atoms with E-state index in [1.54, 1.807) is 30.2 Å². The van der Waals surface area contributed by atoms with Crippen molar-refractivity contribution in [3.05, 3.63) is 76.7 Å². The molecule has 0 saturated carbocycles. The largest absolute Gasteiger partial charge is 0.366 e. The van der Waals surface area contributed by atoms with Gasteiger partial charge in [-0.1, -0.05) is 31.7 Å². The maximum atomic E-state index is 12.3. The van der Waals surface area contributed by atoms with Gasteiger partial charge in [-0.3, -0.25) is 9.78 Å². The normalized spacial score (nSPS) is 10.8. The Kier molecular flexibility index (Phi) is 5.86. The first-order chi connectivity index (χ1) is 13.4. The molecule has 1 aromatic carbocycles. The number of carbonyl (C=O) groups is 1. The van der Waals surface area contributed by atoms with Crippen molar-refractivity contribution in [1.29, 1.82) is 5.26 Å². The minimum absolute atomic E-state index is 0.126. The monoisotopic (exact) mass is 390 g/mol. The molecule has 28 heavy (non-hydrogen) atoms. The zero-order valence-electron chi connectivity index (χ0n) is 16.1. The molecule has 3 aromatic rings. The van der Waals surface area contributed by atoms with Crippen molar-refractivity contribution in [3.8, 4) is 6.07 Å². The Morgan fingerprint density at radius 2 is 2.00 bits per heavy atom. The lowest BCUT2D eigenvalue weighted by molar-refractivity contribution is 0.0998. The summed E-state index contributed by atoms with van der Waals surface area (Å²) in [4.78, 5) is 17.3. The summed E-state index contributed by atoms with van der Waals surface area (Å²) in [6.07, 6.45) is 3.52. The summed E-state index contributed by atoms with van der Waals surface area (Å²) in [5.74, 6) is -0.288. The van der Waals surface area contributed by atoms with E-state index in [0.29, 0.717) is 17.7 Å². The number of pyridine rings is 1. The molecule has 2 heterocycles. The van der Waals surface area contributed by atoms with E-state index in [1.165, 1.54) is 0 Å². The van der Waals surface area contributed by atoms with Gasteiger partial charge < -0.3 is 10.3 Å². The van der Waals surface area contributed by atoms with Crippen molar-refractivity contribution >= 4 is 17.7 Å². The number of hydrogen-bond donors (Lipinski definition) is 1. The molecule has 0 atom stereocenters. The molecule has 6 heteroatoms. The van der Waals surface area contributed by atoms with Crippen LogP contribution in [0, 0.1) is 18.3 Å². The van der Waals surface area contributed by atoms with Gasteiger partial charge in [0, 0.05) is 29.5 Å². The van der Waals surface area contributed by atoms with Gasteiger partial charge in [0.05, 0.1) is 22.2 Å². The van der Waals surface area contributed by atoms with Gasteiger partial charge in [-0.2, -0.15) is 5.26 Å². The fourth-order valence-corrected chi connectivity index (χ4v) is 4.61. The maximum Gasteiger partial charge on any atom is 0.250 e. The summed E-state index contributed by atoms with van der Waals surface area (Å²) < 4.78 is 2.13. The number of hydrogen-bond acceptors (Lipinski definition) is 4. The highest BCUT2D eigenvalue weighted by Crippen LogP contribution is 2.40. The summed E-state index contributed by atoms with van der Waals surface area (Å²) in [6, 6.07) is 13.6. The minimum Gasteiger partial charge on any atom is -0.366 e. The van der Waals surface area contributed by atoms with Gasteiger partial charge in [0.15, 0.2) is 0 Å². The number of nitrogens with zero attached hydrogens (tertiary/aromatic N) is 3. The predicted octanol–water partition coefficient (Wildman–Crippen LogP) is 4.49. The van der Waals surface area contributed by atoms with Crippen LogP contribution >= 0.6 is 11.8 Å². The number of amides is 1. The first-order valence-electron chi connectivity index (χ1n) is 9.02. The summed E-state index contributed by atoms with van der Waals surface area (Å²) in [5.41, 5.74) is 9.84. The number of rotatable bonds is 6. The van der Waals surface area contributed by atoms with Crippen LogP contribution in [-0.2, 0) is 6.54 Å². The number of primary amides is 1. The molecule has 0 spiro atoms. The zero-order valence-corrected chi connectivity index (χ0v) is 17.0. The third kappa shape index (κ3) is 3.95. The Labute approximate surface area is 169 Å². The Bertz CT molecular complexity index is 1050. The molecule has 0 fully saturated rings. The van der Waals surface area contributed by atoms with Crippen molar-refractivity contribution < 1.29 is 4.79 Å². The van der Waals surface area contributed by atoms with E-state index in [-0.39, 0.29) is 5.92 Å². The molecule has 3 rings (SSSR count). The first kappa shape index (κ1) is 19.7. The summed E-state index contributed by atoms with van der Waals surface area (Å²) in [7, 11) is 0. The third-order valence-electron chi connectivity index (χ3n) is 4.60. The van der Waals surface area contributed by atoms with Crippen LogP contribution in [0.3, 0.4) is 0 Å². The molecular formula is C22H22N4OS. The minimum atomic E-state index is -0.415. The predicted molar refractivity (Wildman–Crippen MR) is 110 cm³/mol. The van der Waals surface area contributed by atoms with Crippen molar-refractivity contribution in [2.45, 2.75) is 43.2 Å². The first-order valence-corrected chi connectivity index (χ1v) is 9.83. The van der Waals surface area contributed by atoms with Gasteiger partial charge in [-0.15, -0.1) is 0 Å². The Morgan fingerprint density at radius 1 is 1.29 bits per heavy atom. The lowest BCUT2D eigenvalue weighted by Gasteiger charge is -2.14. The van der Waals surface area contributed by atoms with Crippen molar-refractivity contribution in [2.75, 3.05) is 0 Å². The second-order valence-electron chi connectivity index (χ2n) is 6.88. The molecule has 0 radical (unpaired) electrons. The van der Waals surface area contributed by atoms with Gasteiger partial charge in [-0.25, -0.2) is 0 Å². The smallest absolute Gasteiger partial charge is 0.250 e. The lowest BCUT2D eigenvalue weighted by Crippen LogP contribution is -2.14. The second kappa shape index (κ2) is 8.32. The van der Waals surface area contributed by atoms with Gasteiger partial charge >= 0.3 is 0 Å². The van der Waals surface area contributed by atoms with E-state index >= 15 is 0 Å². The van der Waals surface area contributed by atoms with E-state index in [4.69, 9.17) is 5.73 Å². The molecule has 142 valence electrons. The highest BCUT2D eigenvalue weighted by Gasteiger charge is 2.26. The average Bonchev–Trinajstić information content (AvgIpc) is 2.95. The molecular weight excluding hydrogens is 368 g/mol. The molecule has 2 N–H and O–H groups in total. The van der Waals surface area contributed by atoms with Crippen LogP contribution < -0.4 is 5.73 Å². The van der Waals surface area contributed by atoms with E-state index < -0.39 is 5.91 Å². The summed E-state index contributed by atoms with van der Waals surface area (Å²) >= 11 is 1.56. The lowest BCUT2D eigenvalue weighted by atomic mass is 10.0. The number of nitrogens with two attached hydrogens (primary N) is 1. The van der Waals surface area contributed by atoms with Crippen LogP contribution in [0.15, 0.2) is 58.7 Å². The molecule has 2 aromatic heterocycles. The fraction of sp³-hybridized carbons (Fsp3) is 0.227. The maximum absolute atomic E-state index is 12.3. The molecule has 0 aliphatic rings. The van der Waals surface area contributed by atoms with E-state index in [0.717, 1.165) is 26.7 Å². The van der Waals surface area contributed by atoms with Crippen molar-refractivity contribution in [2.24, 2.45) is 5.73 Å². The fourth-order valence-electron chi connectivity index (χ4n) is 3.29. The van der Waals surface area contributed by atoms with Gasteiger partial charge in [-0.05, 0) is 54.3 Å². The Balaban J connectivity index is 2.17. The SMILES string of the molecule is Cc1c(C(N)=O)c(C(C)C)c(Sc2cccc(C#N)c2)n1Cc1ccncc1. The van der Waals surface area contributed by atoms with Crippen LogP contribution in [-0.4, -0.2) is 15.5 Å². The van der Waals surface area contributed by atoms with Crippen molar-refractivity contribution in [3.63, 3.8) is 0 Å². The summed E-state index contributed by atoms with van der Waals surface area (Å²) in [6.45, 7) is 6.67. The molecule has 0 aliphatic heterocycles. The molecule has 1 amide bonds. The molecule has 0 aliphatic carbocycles. The number of aromatic nitrogens is 2. The van der Waals surface area contributed by atoms with Crippen LogP contribution in [0.25, 0.3) is 0 Å². The highest BCUT2D eigenvalue weighted by molar-refractivity contribution is 7.99.